The summed E-state index contributed by atoms with van der Waals surface area (Å²) in [4.78, 5) is 20.4. The van der Waals surface area contributed by atoms with E-state index in [4.69, 9.17) is 5.11 Å². The monoisotopic (exact) mass is 193 g/mol. The number of carboxylic acids is 1. The second kappa shape index (κ2) is 3.69. The third kappa shape index (κ3) is 1.77. The fourth-order valence-corrected chi connectivity index (χ4v) is 1.01. The van der Waals surface area contributed by atoms with Gasteiger partial charge in [-0.25, -0.2) is 4.79 Å². The zero-order valence-corrected chi connectivity index (χ0v) is 7.14. The Morgan fingerprint density at radius 1 is 1.57 bits per heavy atom. The van der Waals surface area contributed by atoms with Gasteiger partial charge in [-0.2, -0.15) is 0 Å². The summed E-state index contributed by atoms with van der Waals surface area (Å²) in [6.07, 6.45) is 1.42. The summed E-state index contributed by atoms with van der Waals surface area (Å²) in [6.45, 7) is 3.44. The first-order valence-electron chi connectivity index (χ1n) is 3.70. The zero-order chi connectivity index (χ0) is 10.7. The average Bonchev–Trinajstić information content (AvgIpc) is 2.16. The van der Waals surface area contributed by atoms with Crippen LogP contribution in [0.5, 0.6) is 0 Å². The van der Waals surface area contributed by atoms with Crippen molar-refractivity contribution < 1.29 is 14.8 Å². The van der Waals surface area contributed by atoms with Crippen molar-refractivity contribution >= 4 is 17.7 Å². The molecule has 5 nitrogen and oxygen atoms in total. The minimum absolute atomic E-state index is 0.319. The highest BCUT2D eigenvalue weighted by Crippen LogP contribution is 2.20. The topological polar surface area (TPSA) is 80.4 Å². The lowest BCUT2D eigenvalue weighted by molar-refractivity contribution is -0.385. The van der Waals surface area contributed by atoms with Gasteiger partial charge in [0, 0.05) is 6.07 Å². The smallest absolute Gasteiger partial charge is 0.342 e. The van der Waals surface area contributed by atoms with Crippen molar-refractivity contribution in [3.63, 3.8) is 0 Å². The van der Waals surface area contributed by atoms with Gasteiger partial charge in [-0.3, -0.25) is 10.1 Å². The van der Waals surface area contributed by atoms with Crippen molar-refractivity contribution in [3.8, 4) is 0 Å². The molecule has 1 aromatic rings. The van der Waals surface area contributed by atoms with Crippen LogP contribution in [0.4, 0.5) is 5.69 Å². The minimum Gasteiger partial charge on any atom is -0.477 e. The Balaban J connectivity index is 3.38. The molecule has 72 valence electrons. The van der Waals surface area contributed by atoms with Gasteiger partial charge in [-0.15, -0.1) is 0 Å². The van der Waals surface area contributed by atoms with Crippen LogP contribution < -0.4 is 0 Å². The quantitative estimate of drug-likeness (QED) is 0.587. The van der Waals surface area contributed by atoms with Crippen LogP contribution in [0.3, 0.4) is 0 Å². The molecule has 0 atom stereocenters. The Morgan fingerprint density at radius 3 is 2.64 bits per heavy atom. The van der Waals surface area contributed by atoms with Crippen molar-refractivity contribution in [1.82, 2.24) is 0 Å². The zero-order valence-electron chi connectivity index (χ0n) is 7.14. The summed E-state index contributed by atoms with van der Waals surface area (Å²) in [5, 5.41) is 19.2. The van der Waals surface area contributed by atoms with Gasteiger partial charge >= 0.3 is 5.97 Å². The van der Waals surface area contributed by atoms with Crippen molar-refractivity contribution in [2.75, 3.05) is 0 Å². The molecular formula is C9H7NO4. The third-order valence-corrected chi connectivity index (χ3v) is 1.68. The Hall–Kier alpha value is -2.17. The Bertz CT molecular complexity index is 411. The molecule has 14 heavy (non-hydrogen) atoms. The highest BCUT2D eigenvalue weighted by molar-refractivity contribution is 5.92. The van der Waals surface area contributed by atoms with Crippen LogP contribution in [0.2, 0.25) is 0 Å². The van der Waals surface area contributed by atoms with E-state index in [1.54, 1.807) is 0 Å². The fourth-order valence-electron chi connectivity index (χ4n) is 1.01. The van der Waals surface area contributed by atoms with E-state index in [1.807, 2.05) is 0 Å². The first-order chi connectivity index (χ1) is 6.56. The summed E-state index contributed by atoms with van der Waals surface area (Å²) in [5.41, 5.74) is -0.225. The van der Waals surface area contributed by atoms with Crippen molar-refractivity contribution in [2.24, 2.45) is 0 Å². The van der Waals surface area contributed by atoms with Crippen LogP contribution in [0.1, 0.15) is 15.9 Å². The summed E-state index contributed by atoms with van der Waals surface area (Å²) in [7, 11) is 0. The molecule has 0 aliphatic rings. The molecule has 0 spiro atoms. The van der Waals surface area contributed by atoms with E-state index in [0.717, 1.165) is 0 Å². The second-order valence-corrected chi connectivity index (χ2v) is 2.54. The predicted octanol–water partition coefficient (Wildman–Crippen LogP) is 1.94. The van der Waals surface area contributed by atoms with Crippen LogP contribution in [0.25, 0.3) is 6.08 Å². The van der Waals surface area contributed by atoms with E-state index in [9.17, 15) is 14.9 Å². The maximum Gasteiger partial charge on any atom is 0.342 e. The highest BCUT2D eigenvalue weighted by Gasteiger charge is 2.19. The SMILES string of the molecule is C=Cc1ccc(C(=O)O)c([N+](=O)[O-])c1. The van der Waals surface area contributed by atoms with E-state index in [0.29, 0.717) is 5.56 Å². The van der Waals surface area contributed by atoms with Crippen molar-refractivity contribution in [3.05, 3.63) is 46.0 Å². The molecule has 0 bridgehead atoms. The van der Waals surface area contributed by atoms with Gasteiger partial charge in [-0.1, -0.05) is 18.7 Å². The van der Waals surface area contributed by atoms with Crippen LogP contribution in [-0.2, 0) is 0 Å². The number of rotatable bonds is 3. The molecule has 5 heteroatoms. The van der Waals surface area contributed by atoms with Crippen molar-refractivity contribution in [2.45, 2.75) is 0 Å². The van der Waals surface area contributed by atoms with Gasteiger partial charge in [0.2, 0.25) is 0 Å². The molecule has 1 rings (SSSR count). The number of hydrogen-bond donors (Lipinski definition) is 1. The number of aromatic carboxylic acids is 1. The fraction of sp³-hybridized carbons (Fsp3) is 0. The number of nitro benzene ring substituents is 1. The Kier molecular flexibility index (Phi) is 2.62. The van der Waals surface area contributed by atoms with Gasteiger partial charge in [0.05, 0.1) is 4.92 Å². The molecule has 0 saturated carbocycles. The van der Waals surface area contributed by atoms with E-state index < -0.39 is 16.6 Å². The minimum atomic E-state index is -1.31. The first kappa shape index (κ1) is 9.91. The summed E-state index contributed by atoms with van der Waals surface area (Å²) in [5.74, 6) is -1.31. The Morgan fingerprint density at radius 2 is 2.21 bits per heavy atom. The molecule has 0 saturated heterocycles. The number of nitrogens with zero attached hydrogens (tertiary/aromatic N) is 1. The van der Waals surface area contributed by atoms with E-state index in [2.05, 4.69) is 6.58 Å². The number of carboxylic acid groups (broad SMARTS) is 1. The van der Waals surface area contributed by atoms with Gasteiger partial charge in [0.1, 0.15) is 5.56 Å². The third-order valence-electron chi connectivity index (χ3n) is 1.68. The number of benzene rings is 1. The lowest BCUT2D eigenvalue weighted by atomic mass is 10.1. The van der Waals surface area contributed by atoms with Crippen molar-refractivity contribution in [1.29, 1.82) is 0 Å². The molecule has 0 heterocycles. The van der Waals surface area contributed by atoms with Gasteiger partial charge in [0.15, 0.2) is 0 Å². The largest absolute Gasteiger partial charge is 0.477 e. The number of nitro groups is 1. The maximum absolute atomic E-state index is 10.6. The number of carbonyl (C=O) groups is 1. The van der Waals surface area contributed by atoms with Crippen LogP contribution in [-0.4, -0.2) is 16.0 Å². The Labute approximate surface area is 79.4 Å². The molecule has 0 fully saturated rings. The molecule has 0 aliphatic heterocycles. The molecule has 0 unspecified atom stereocenters. The van der Waals surface area contributed by atoms with Gasteiger partial charge in [0.25, 0.3) is 5.69 Å². The van der Waals surface area contributed by atoms with Crippen LogP contribution >= 0.6 is 0 Å². The molecule has 0 amide bonds. The first-order valence-corrected chi connectivity index (χ1v) is 3.70. The summed E-state index contributed by atoms with van der Waals surface area (Å²) in [6, 6.07) is 3.83. The van der Waals surface area contributed by atoms with E-state index >= 15 is 0 Å². The van der Waals surface area contributed by atoms with Crippen LogP contribution in [0.15, 0.2) is 24.8 Å². The molecule has 1 aromatic carbocycles. The molecule has 0 aromatic heterocycles. The lowest BCUT2D eigenvalue weighted by Gasteiger charge is -1.98. The summed E-state index contributed by atoms with van der Waals surface area (Å²) < 4.78 is 0. The number of hydrogen-bond acceptors (Lipinski definition) is 3. The van der Waals surface area contributed by atoms with Gasteiger partial charge in [-0.05, 0) is 11.6 Å². The van der Waals surface area contributed by atoms with Gasteiger partial charge < -0.3 is 5.11 Å². The molecule has 0 radical (unpaired) electrons. The summed E-state index contributed by atoms with van der Waals surface area (Å²) >= 11 is 0. The highest BCUT2D eigenvalue weighted by atomic mass is 16.6. The standard InChI is InChI=1S/C9H7NO4/c1-2-6-3-4-7(9(11)12)8(5-6)10(13)14/h2-5H,1H2,(H,11,12). The maximum atomic E-state index is 10.6. The molecule has 0 aliphatic carbocycles. The second-order valence-electron chi connectivity index (χ2n) is 2.54. The van der Waals surface area contributed by atoms with E-state index in [1.165, 1.54) is 24.3 Å². The van der Waals surface area contributed by atoms with Crippen LogP contribution in [0, 0.1) is 10.1 Å². The average molecular weight is 193 g/mol. The predicted molar refractivity (Wildman–Crippen MR) is 50.1 cm³/mol. The normalized spacial score (nSPS) is 9.43. The lowest BCUT2D eigenvalue weighted by Crippen LogP contribution is -2.02. The molecule has 1 N–H and O–H groups in total. The molecular weight excluding hydrogens is 186 g/mol. The van der Waals surface area contributed by atoms with E-state index in [-0.39, 0.29) is 5.56 Å².